The van der Waals surface area contributed by atoms with Gasteiger partial charge in [0.15, 0.2) is 11.0 Å². The highest BCUT2D eigenvalue weighted by molar-refractivity contribution is 6.28. The second-order valence-electron chi connectivity index (χ2n) is 1.21. The molecule has 0 spiro atoms. The number of carbonyl (C=O) groups excluding carboxylic acids is 1. The van der Waals surface area contributed by atoms with Gasteiger partial charge in [0.25, 0.3) is 6.29 Å². The van der Waals surface area contributed by atoms with Crippen LogP contribution in [0.4, 0.5) is 0 Å². The van der Waals surface area contributed by atoms with Crippen LogP contribution in [0.3, 0.4) is 0 Å². The molecule has 0 unspecified atom stereocenters. The van der Waals surface area contributed by atoms with Crippen LogP contribution in [-0.4, -0.2) is 6.29 Å². The van der Waals surface area contributed by atoms with E-state index >= 15 is 0 Å². The maximum absolute atomic E-state index is 9.74. The van der Waals surface area contributed by atoms with Crippen LogP contribution in [0.15, 0.2) is 16.5 Å². The summed E-state index contributed by atoms with van der Waals surface area (Å²) in [6, 6.07) is 2.94. The fourth-order valence-electron chi connectivity index (χ4n) is 0.369. The lowest BCUT2D eigenvalue weighted by molar-refractivity contribution is 0.519. The lowest BCUT2D eigenvalue weighted by Crippen LogP contribution is -1.66. The van der Waals surface area contributed by atoms with Crippen molar-refractivity contribution < 1.29 is 9.21 Å². The third-order valence-electron chi connectivity index (χ3n) is 0.674. The Bertz CT molecular complexity index is 192. The maximum Gasteiger partial charge on any atom is 0.271 e. The van der Waals surface area contributed by atoms with E-state index in [9.17, 15) is 4.79 Å². The average Bonchev–Trinajstić information content (AvgIpc) is 2.14. The summed E-state index contributed by atoms with van der Waals surface area (Å²) in [6.07, 6.45) is 1.55. The Hall–Kier alpha value is -0.760. The Morgan fingerprint density at radius 3 is 2.62 bits per heavy atom. The molecule has 0 aromatic carbocycles. The Morgan fingerprint density at radius 1 is 1.62 bits per heavy atom. The fraction of sp³-hybridized carbons (Fsp3) is 0. The first kappa shape index (κ1) is 5.38. The minimum atomic E-state index is 0.134. The molecular weight excluding hydrogens is 128 g/mol. The van der Waals surface area contributed by atoms with Crippen LogP contribution in [0.5, 0.6) is 0 Å². The molecule has 0 atom stereocenters. The summed E-state index contributed by atoms with van der Waals surface area (Å²) < 4.78 is 4.57. The molecule has 0 saturated heterocycles. The van der Waals surface area contributed by atoms with Gasteiger partial charge in [0, 0.05) is 0 Å². The van der Waals surface area contributed by atoms with Gasteiger partial charge in [-0.1, -0.05) is 0 Å². The quantitative estimate of drug-likeness (QED) is 0.574. The maximum atomic E-state index is 9.74. The van der Waals surface area contributed by atoms with Gasteiger partial charge in [0.05, 0.1) is 0 Å². The van der Waals surface area contributed by atoms with E-state index in [2.05, 4.69) is 4.42 Å². The van der Waals surface area contributed by atoms with Gasteiger partial charge in [-0.15, -0.1) is 0 Å². The van der Waals surface area contributed by atoms with Crippen molar-refractivity contribution in [3.05, 3.63) is 23.1 Å². The number of hydrogen-bond acceptors (Lipinski definition) is 2. The lowest BCUT2D eigenvalue weighted by atomic mass is 10.5. The Morgan fingerprint density at radius 2 is 2.38 bits per heavy atom. The Balaban J connectivity index is 3.00. The minimum Gasteiger partial charge on any atom is -0.441 e. The highest BCUT2D eigenvalue weighted by Crippen LogP contribution is 2.10. The van der Waals surface area contributed by atoms with E-state index in [-0.39, 0.29) is 11.0 Å². The van der Waals surface area contributed by atoms with Crippen molar-refractivity contribution in [2.45, 2.75) is 0 Å². The average molecular weight is 130 g/mol. The van der Waals surface area contributed by atoms with Crippen molar-refractivity contribution >= 4 is 17.9 Å². The van der Waals surface area contributed by atoms with Crippen LogP contribution in [-0.2, 0) is 4.79 Å². The molecule has 1 aromatic heterocycles. The van der Waals surface area contributed by atoms with E-state index in [1.165, 1.54) is 12.1 Å². The number of hydrogen-bond donors (Lipinski definition) is 0. The molecule has 0 N–H and O–H groups in total. The van der Waals surface area contributed by atoms with Crippen molar-refractivity contribution in [3.8, 4) is 0 Å². The molecule has 1 aromatic rings. The molecule has 41 valence electrons. The van der Waals surface area contributed by atoms with Gasteiger partial charge >= 0.3 is 0 Å². The molecule has 1 rings (SSSR count). The zero-order chi connectivity index (χ0) is 5.98. The second kappa shape index (κ2) is 2.01. The highest BCUT2D eigenvalue weighted by Gasteiger charge is 1.95. The molecule has 2 nitrogen and oxygen atoms in total. The molecule has 8 heavy (non-hydrogen) atoms. The SMILES string of the molecule is O=[C]c1ccc(Cl)o1. The molecule has 0 saturated carbocycles. The van der Waals surface area contributed by atoms with Crippen molar-refractivity contribution in [2.75, 3.05) is 0 Å². The molecule has 0 amide bonds. The van der Waals surface area contributed by atoms with Crippen molar-refractivity contribution in [1.82, 2.24) is 0 Å². The van der Waals surface area contributed by atoms with E-state index in [1.54, 1.807) is 6.29 Å². The van der Waals surface area contributed by atoms with Crippen molar-refractivity contribution in [1.29, 1.82) is 0 Å². The summed E-state index contributed by atoms with van der Waals surface area (Å²) in [5.41, 5.74) is 0. The van der Waals surface area contributed by atoms with Gasteiger partial charge in [0.1, 0.15) is 0 Å². The summed E-state index contributed by atoms with van der Waals surface area (Å²) in [4.78, 5) is 9.74. The first-order valence-corrected chi connectivity index (χ1v) is 2.34. The van der Waals surface area contributed by atoms with Gasteiger partial charge in [-0.3, -0.25) is 4.79 Å². The summed E-state index contributed by atoms with van der Waals surface area (Å²) in [7, 11) is 0. The van der Waals surface area contributed by atoms with Crippen LogP contribution in [0.2, 0.25) is 5.22 Å². The third-order valence-corrected chi connectivity index (χ3v) is 0.877. The summed E-state index contributed by atoms with van der Waals surface area (Å²) in [6.45, 7) is 0. The molecule has 0 fully saturated rings. The van der Waals surface area contributed by atoms with E-state index in [0.717, 1.165) is 0 Å². The zero-order valence-corrected chi connectivity index (χ0v) is 4.61. The molecule has 0 aliphatic carbocycles. The van der Waals surface area contributed by atoms with Crippen molar-refractivity contribution in [2.24, 2.45) is 0 Å². The first-order valence-electron chi connectivity index (χ1n) is 1.96. The number of halogens is 1. The molecule has 1 heterocycles. The molecular formula is C5H2ClO2. The predicted octanol–water partition coefficient (Wildman–Crippen LogP) is 1.39. The van der Waals surface area contributed by atoms with E-state index in [4.69, 9.17) is 11.6 Å². The number of rotatable bonds is 1. The van der Waals surface area contributed by atoms with Gasteiger partial charge in [-0.25, -0.2) is 0 Å². The van der Waals surface area contributed by atoms with E-state index in [1.807, 2.05) is 0 Å². The fourth-order valence-corrected chi connectivity index (χ4v) is 0.515. The molecule has 0 aliphatic heterocycles. The van der Waals surface area contributed by atoms with Gasteiger partial charge in [-0.2, -0.15) is 0 Å². The van der Waals surface area contributed by atoms with Crippen LogP contribution in [0, 0.1) is 0 Å². The smallest absolute Gasteiger partial charge is 0.271 e. The largest absolute Gasteiger partial charge is 0.441 e. The van der Waals surface area contributed by atoms with Crippen LogP contribution in [0.1, 0.15) is 5.76 Å². The second-order valence-corrected chi connectivity index (χ2v) is 1.58. The Kier molecular flexibility index (Phi) is 1.35. The van der Waals surface area contributed by atoms with E-state index < -0.39 is 0 Å². The molecule has 3 heteroatoms. The monoisotopic (exact) mass is 129 g/mol. The summed E-state index contributed by atoms with van der Waals surface area (Å²) >= 11 is 5.29. The molecule has 0 aliphatic rings. The summed E-state index contributed by atoms with van der Waals surface area (Å²) in [5.74, 6) is 0.134. The van der Waals surface area contributed by atoms with Crippen LogP contribution < -0.4 is 0 Å². The highest BCUT2D eigenvalue weighted by atomic mass is 35.5. The van der Waals surface area contributed by atoms with Gasteiger partial charge in [0.2, 0.25) is 0 Å². The first-order chi connectivity index (χ1) is 3.83. The summed E-state index contributed by atoms with van der Waals surface area (Å²) in [5, 5.41) is 0.211. The third kappa shape index (κ3) is 0.898. The zero-order valence-electron chi connectivity index (χ0n) is 3.85. The minimum absolute atomic E-state index is 0.134. The van der Waals surface area contributed by atoms with Crippen LogP contribution >= 0.6 is 11.6 Å². The van der Waals surface area contributed by atoms with Crippen LogP contribution in [0.25, 0.3) is 0 Å². The Labute approximate surface area is 51.1 Å². The normalized spacial score (nSPS) is 9.12. The number of furan rings is 1. The van der Waals surface area contributed by atoms with Crippen molar-refractivity contribution in [3.63, 3.8) is 0 Å². The topological polar surface area (TPSA) is 30.2 Å². The van der Waals surface area contributed by atoms with E-state index in [0.29, 0.717) is 0 Å². The molecule has 0 bridgehead atoms. The molecule has 1 radical (unpaired) electrons. The predicted molar refractivity (Wildman–Crippen MR) is 28.5 cm³/mol. The van der Waals surface area contributed by atoms with Gasteiger partial charge < -0.3 is 4.42 Å². The lowest BCUT2D eigenvalue weighted by Gasteiger charge is -1.72. The van der Waals surface area contributed by atoms with Gasteiger partial charge in [-0.05, 0) is 23.7 Å². The standard InChI is InChI=1S/C5H2ClO2/c6-5-2-1-4(3-7)8-5/h1-2H.